The van der Waals surface area contributed by atoms with Crippen molar-refractivity contribution < 1.29 is 0 Å². The van der Waals surface area contributed by atoms with Gasteiger partial charge in [0.15, 0.2) is 0 Å². The van der Waals surface area contributed by atoms with Gasteiger partial charge >= 0.3 is 0 Å². The SMILES string of the molecule is c1ccc(-c2cccc3c2sc2c(-c4ccc(-n5c6ccccc6c6c7c(ccc65)ccn7-c5ccccc5)cc4)cccc23)cc1.c1ccc(-n2ccc3ccc4c(c5ccccc5n4-c4ccc(-c5cccc6c5sc5ccccc56)cc4)c32)cc1.c1ccc(N(c2cccc(-n3c4ccccc4c4c5c(ccc43)ccn5-c3ccccc3)c2)c2ccc3ccccc3c2)cc1. The molecule has 0 saturated carbocycles. The van der Waals surface area contributed by atoms with E-state index in [-0.39, 0.29) is 0 Å². The first-order chi connectivity index (χ1) is 66.0. The van der Waals surface area contributed by atoms with Crippen molar-refractivity contribution in [1.82, 2.24) is 27.4 Å². The van der Waals surface area contributed by atoms with E-state index in [2.05, 4.69) is 524 Å². The van der Waals surface area contributed by atoms with Gasteiger partial charge in [0, 0.05) is 159 Å². The summed E-state index contributed by atoms with van der Waals surface area (Å²) in [5, 5.41) is 19.1. The zero-order valence-electron chi connectivity index (χ0n) is 72.2. The molecule has 0 amide bonds. The Morgan fingerprint density at radius 1 is 0.180 bits per heavy atom. The molecule has 0 N–H and O–H groups in total. The molecular weight excluding hydrogens is 1650 g/mol. The van der Waals surface area contributed by atoms with Gasteiger partial charge in [-0.25, -0.2) is 0 Å². The molecule has 0 aliphatic carbocycles. The fourth-order valence-corrected chi connectivity index (χ4v) is 23.5. The van der Waals surface area contributed by atoms with E-state index in [1.165, 1.54) is 200 Å². The molecular formula is C124H81N7S2. The van der Waals surface area contributed by atoms with Crippen molar-refractivity contribution in [1.29, 1.82) is 0 Å². The van der Waals surface area contributed by atoms with Crippen molar-refractivity contribution >= 4 is 189 Å². The molecule has 0 radical (unpaired) electrons. The largest absolute Gasteiger partial charge is 0.316 e. The Balaban J connectivity index is 0.000000105. The summed E-state index contributed by atoms with van der Waals surface area (Å²) in [6.45, 7) is 0. The van der Waals surface area contributed by atoms with Crippen LogP contribution in [0.25, 0.3) is 217 Å². The van der Waals surface area contributed by atoms with E-state index >= 15 is 0 Å². The number of nitrogens with zero attached hydrogens (tertiary/aromatic N) is 7. The van der Waals surface area contributed by atoms with Crippen molar-refractivity contribution in [2.75, 3.05) is 4.90 Å². The van der Waals surface area contributed by atoms with Crippen molar-refractivity contribution in [2.24, 2.45) is 0 Å². The van der Waals surface area contributed by atoms with Gasteiger partial charge in [-0.15, -0.1) is 22.7 Å². The Kier molecular flexibility index (Phi) is 18.5. The molecule has 0 atom stereocenters. The molecule has 0 bridgehead atoms. The number of hydrogen-bond acceptors (Lipinski definition) is 3. The van der Waals surface area contributed by atoms with Gasteiger partial charge in [-0.2, -0.15) is 0 Å². The molecule has 28 aromatic rings. The van der Waals surface area contributed by atoms with Gasteiger partial charge in [0.2, 0.25) is 0 Å². The standard InChI is InChI=1S/C44H28N2S.C42H29N3.C38H24N2S/c1-3-11-29(12-4-1)34-16-9-18-36-37-19-10-17-35(44(37)47-43(34)36)30-21-24-33(25-22-30)46-39-20-8-7-15-38(39)41-40(46)26-23-31-27-28-45(42(31)41)32-13-5-2-6-14-32;1-3-14-33(15-4-1)43-27-26-31-23-25-40-41(42(31)43)38-20-9-10-21-39(38)45(40)36-19-11-18-35(29-36)44(34-16-5-2-6-17-34)37-24-22-30-12-7-8-13-32(30)28-37;1-2-9-27(10-3-1)39-24-23-26-19-22-34-36(37(26)39)32-12-4-6-15-33(32)40(34)28-20-17-25(18-21-28)29-13-8-14-31-30-11-5-7-16-35(30)41-38(29)31/h1-28H;1-29H;1-24H. The molecule has 9 heteroatoms. The van der Waals surface area contributed by atoms with E-state index in [0.29, 0.717) is 0 Å². The van der Waals surface area contributed by atoms with Gasteiger partial charge < -0.3 is 32.3 Å². The molecule has 0 aliphatic heterocycles. The van der Waals surface area contributed by atoms with Gasteiger partial charge in [0.1, 0.15) is 0 Å². The summed E-state index contributed by atoms with van der Waals surface area (Å²) in [5.41, 5.74) is 28.9. The van der Waals surface area contributed by atoms with Gasteiger partial charge in [0.25, 0.3) is 0 Å². The van der Waals surface area contributed by atoms with Crippen molar-refractivity contribution in [3.8, 4) is 67.5 Å². The summed E-state index contributed by atoms with van der Waals surface area (Å²) >= 11 is 3.79. The van der Waals surface area contributed by atoms with E-state index in [1.54, 1.807) is 0 Å². The number of anilines is 3. The highest BCUT2D eigenvalue weighted by molar-refractivity contribution is 7.27. The fourth-order valence-electron chi connectivity index (χ4n) is 20.8. The minimum atomic E-state index is 1.11. The van der Waals surface area contributed by atoms with Gasteiger partial charge in [-0.3, -0.25) is 0 Å². The fraction of sp³-hybridized carbons (Fsp3) is 0. The third kappa shape index (κ3) is 12.9. The Morgan fingerprint density at radius 2 is 0.511 bits per heavy atom. The number of thiophene rings is 2. The third-order valence-electron chi connectivity index (χ3n) is 26.8. The van der Waals surface area contributed by atoms with E-state index < -0.39 is 0 Å². The lowest BCUT2D eigenvalue weighted by Gasteiger charge is -2.26. The van der Waals surface area contributed by atoms with Crippen LogP contribution < -0.4 is 4.90 Å². The molecule has 20 aromatic carbocycles. The first-order valence-corrected chi connectivity index (χ1v) is 47.0. The maximum Gasteiger partial charge on any atom is 0.0628 e. The molecule has 8 aromatic heterocycles. The van der Waals surface area contributed by atoms with Crippen molar-refractivity contribution in [3.05, 3.63) is 492 Å². The van der Waals surface area contributed by atoms with Crippen molar-refractivity contribution in [3.63, 3.8) is 0 Å². The summed E-state index contributed by atoms with van der Waals surface area (Å²) in [4.78, 5) is 2.35. The van der Waals surface area contributed by atoms with Crippen LogP contribution in [0, 0.1) is 0 Å². The van der Waals surface area contributed by atoms with Crippen LogP contribution in [0.3, 0.4) is 0 Å². The van der Waals surface area contributed by atoms with E-state index in [1.807, 2.05) is 22.7 Å². The average molecular weight is 1730 g/mol. The molecule has 7 nitrogen and oxygen atoms in total. The summed E-state index contributed by atoms with van der Waals surface area (Å²) in [7, 11) is 0. The first kappa shape index (κ1) is 77.1. The smallest absolute Gasteiger partial charge is 0.0628 e. The molecule has 28 rings (SSSR count). The van der Waals surface area contributed by atoms with Gasteiger partial charge in [-0.05, 0) is 208 Å². The Labute approximate surface area is 774 Å². The maximum absolute atomic E-state index is 2.42. The summed E-state index contributed by atoms with van der Waals surface area (Å²) in [6.07, 6.45) is 6.57. The highest BCUT2D eigenvalue weighted by Crippen LogP contribution is 2.49. The number of hydrogen-bond donors (Lipinski definition) is 0. The van der Waals surface area contributed by atoms with Crippen LogP contribution in [0.4, 0.5) is 17.1 Å². The second-order valence-corrected chi connectivity index (χ2v) is 36.3. The minimum absolute atomic E-state index is 1.11. The topological polar surface area (TPSA) is 32.8 Å². The van der Waals surface area contributed by atoms with Crippen LogP contribution in [0.2, 0.25) is 0 Å². The average Bonchev–Trinajstić information content (AvgIpc) is 1.57. The molecule has 0 fully saturated rings. The number of fused-ring (bicyclic) bond motifs is 22. The van der Waals surface area contributed by atoms with Crippen LogP contribution in [-0.4, -0.2) is 27.4 Å². The first-order valence-electron chi connectivity index (χ1n) is 45.3. The lowest BCUT2D eigenvalue weighted by atomic mass is 10.00. The Morgan fingerprint density at radius 3 is 0.977 bits per heavy atom. The summed E-state index contributed by atoms with van der Waals surface area (Å²) < 4.78 is 19.6. The van der Waals surface area contributed by atoms with Crippen LogP contribution in [-0.2, 0) is 0 Å². The van der Waals surface area contributed by atoms with Crippen molar-refractivity contribution in [2.45, 2.75) is 0 Å². The number of aromatic nitrogens is 6. The molecule has 8 heterocycles. The molecule has 0 saturated heterocycles. The maximum atomic E-state index is 2.42. The second kappa shape index (κ2) is 32.0. The summed E-state index contributed by atoms with van der Waals surface area (Å²) in [6, 6.07) is 171. The van der Waals surface area contributed by atoms with Crippen LogP contribution in [0.15, 0.2) is 492 Å². The number of para-hydroxylation sites is 7. The molecule has 133 heavy (non-hydrogen) atoms. The Hall–Kier alpha value is -17.1. The van der Waals surface area contributed by atoms with E-state index in [4.69, 9.17) is 0 Å². The highest BCUT2D eigenvalue weighted by atomic mass is 32.1. The third-order valence-corrected chi connectivity index (χ3v) is 29.3. The normalized spacial score (nSPS) is 11.8. The monoisotopic (exact) mass is 1730 g/mol. The predicted molar refractivity (Wildman–Crippen MR) is 567 cm³/mol. The molecule has 624 valence electrons. The molecule has 0 aliphatic rings. The zero-order chi connectivity index (χ0) is 87.6. The lowest BCUT2D eigenvalue weighted by molar-refractivity contribution is 1.13. The van der Waals surface area contributed by atoms with Gasteiger partial charge in [-0.1, -0.05) is 309 Å². The number of rotatable bonds is 12. The molecule has 0 unspecified atom stereocenters. The Bertz CT molecular complexity index is 9380. The predicted octanol–water partition coefficient (Wildman–Crippen LogP) is 34.5. The van der Waals surface area contributed by atoms with E-state index in [0.717, 1.165) is 34.1 Å². The summed E-state index contributed by atoms with van der Waals surface area (Å²) in [5.74, 6) is 0. The van der Waals surface area contributed by atoms with Crippen LogP contribution >= 0.6 is 22.7 Å². The van der Waals surface area contributed by atoms with Crippen LogP contribution in [0.1, 0.15) is 0 Å². The highest BCUT2D eigenvalue weighted by Gasteiger charge is 2.25. The zero-order valence-corrected chi connectivity index (χ0v) is 73.8. The molecule has 0 spiro atoms. The minimum Gasteiger partial charge on any atom is -0.316 e. The second-order valence-electron chi connectivity index (χ2n) is 34.2. The lowest BCUT2D eigenvalue weighted by Crippen LogP contribution is -2.10. The van der Waals surface area contributed by atoms with Gasteiger partial charge in [0.05, 0.1) is 49.7 Å². The quantitative estimate of drug-likeness (QED) is 0.120. The van der Waals surface area contributed by atoms with E-state index in [9.17, 15) is 0 Å². The number of benzene rings is 20. The van der Waals surface area contributed by atoms with Crippen LogP contribution in [0.5, 0.6) is 0 Å².